The Morgan fingerprint density at radius 2 is 1.55 bits per heavy atom. The van der Waals surface area contributed by atoms with Crippen LogP contribution >= 0.6 is 0 Å². The van der Waals surface area contributed by atoms with E-state index in [0.29, 0.717) is 26.3 Å². The van der Waals surface area contributed by atoms with E-state index in [0.717, 1.165) is 56.0 Å². The molecule has 3 fully saturated rings. The predicted molar refractivity (Wildman–Crippen MR) is 113 cm³/mol. The maximum Gasteiger partial charge on any atom is 0.320 e. The van der Waals surface area contributed by atoms with Gasteiger partial charge in [-0.1, -0.05) is 0 Å². The fourth-order valence-corrected chi connectivity index (χ4v) is 4.52. The van der Waals surface area contributed by atoms with Crippen molar-refractivity contribution >= 4 is 28.4 Å². The quantitative estimate of drug-likeness (QED) is 0.771. The first-order chi connectivity index (χ1) is 14.3. The number of hydrogen-bond donors (Lipinski definition) is 0. The lowest BCUT2D eigenvalue weighted by Gasteiger charge is -2.39. The Bertz CT molecular complexity index is 871. The molecule has 29 heavy (non-hydrogen) atoms. The third-order valence-electron chi connectivity index (χ3n) is 6.20. The summed E-state index contributed by atoms with van der Waals surface area (Å²) < 4.78 is 5.36. The summed E-state index contributed by atoms with van der Waals surface area (Å²) >= 11 is 0. The lowest BCUT2D eigenvalue weighted by Crippen LogP contribution is -2.54. The number of ether oxygens (including phenoxy) is 1. The number of anilines is 2. The Morgan fingerprint density at radius 1 is 0.828 bits per heavy atom. The molecule has 2 amide bonds. The largest absolute Gasteiger partial charge is 0.378 e. The fourth-order valence-electron chi connectivity index (χ4n) is 4.52. The van der Waals surface area contributed by atoms with E-state index in [1.807, 2.05) is 9.80 Å². The van der Waals surface area contributed by atoms with Crippen LogP contribution in [0.1, 0.15) is 12.8 Å². The molecule has 154 valence electrons. The highest BCUT2D eigenvalue weighted by Crippen LogP contribution is 2.30. The third kappa shape index (κ3) is 3.69. The van der Waals surface area contributed by atoms with Crippen molar-refractivity contribution in [2.24, 2.45) is 0 Å². The molecule has 0 spiro atoms. The minimum Gasteiger partial charge on any atom is -0.378 e. The second-order valence-corrected chi connectivity index (χ2v) is 7.95. The van der Waals surface area contributed by atoms with Crippen LogP contribution in [0.25, 0.3) is 10.9 Å². The lowest BCUT2D eigenvalue weighted by molar-refractivity contribution is 0.0428. The summed E-state index contributed by atoms with van der Waals surface area (Å²) in [6.45, 7) is 8.00. The summed E-state index contributed by atoms with van der Waals surface area (Å²) in [4.78, 5) is 30.4. The number of carbonyl (C=O) groups excluding carboxylic acids is 1. The first-order valence-electron chi connectivity index (χ1n) is 10.7. The third-order valence-corrected chi connectivity index (χ3v) is 6.20. The molecule has 1 aromatic heterocycles. The molecule has 3 aliphatic rings. The van der Waals surface area contributed by atoms with Crippen LogP contribution in [-0.2, 0) is 4.74 Å². The average molecular weight is 396 g/mol. The number of nitrogens with zero attached hydrogens (tertiary/aromatic N) is 6. The van der Waals surface area contributed by atoms with Crippen molar-refractivity contribution in [1.82, 2.24) is 19.8 Å². The van der Waals surface area contributed by atoms with Crippen LogP contribution in [-0.4, -0.2) is 91.4 Å². The van der Waals surface area contributed by atoms with E-state index in [4.69, 9.17) is 4.74 Å². The van der Waals surface area contributed by atoms with Crippen molar-refractivity contribution in [3.63, 3.8) is 0 Å². The van der Waals surface area contributed by atoms with Gasteiger partial charge in [0.15, 0.2) is 0 Å². The highest BCUT2D eigenvalue weighted by Gasteiger charge is 2.27. The second-order valence-electron chi connectivity index (χ2n) is 7.95. The first kappa shape index (κ1) is 18.4. The van der Waals surface area contributed by atoms with E-state index in [1.165, 1.54) is 18.5 Å². The van der Waals surface area contributed by atoms with E-state index in [-0.39, 0.29) is 6.03 Å². The summed E-state index contributed by atoms with van der Waals surface area (Å²) in [5.41, 5.74) is 2.18. The monoisotopic (exact) mass is 396 g/mol. The molecule has 2 aromatic rings. The molecular formula is C21H28N6O2. The van der Waals surface area contributed by atoms with Crippen molar-refractivity contribution in [3.05, 3.63) is 24.5 Å². The van der Waals surface area contributed by atoms with E-state index >= 15 is 0 Å². The van der Waals surface area contributed by atoms with Crippen molar-refractivity contribution in [3.8, 4) is 0 Å². The second kappa shape index (κ2) is 8.02. The SMILES string of the molecule is O=C(N1CCOCC1)N1CCN(c2ccc3ncnc(N4CCCC4)c3c2)CC1. The maximum atomic E-state index is 12.7. The summed E-state index contributed by atoms with van der Waals surface area (Å²) in [5, 5.41) is 1.12. The van der Waals surface area contributed by atoms with Crippen LogP contribution in [0.5, 0.6) is 0 Å². The molecule has 5 rings (SSSR count). The Morgan fingerprint density at radius 3 is 2.31 bits per heavy atom. The van der Waals surface area contributed by atoms with E-state index < -0.39 is 0 Å². The molecule has 3 aliphatic heterocycles. The van der Waals surface area contributed by atoms with Crippen LogP contribution < -0.4 is 9.80 Å². The van der Waals surface area contributed by atoms with Crippen LogP contribution in [0.2, 0.25) is 0 Å². The van der Waals surface area contributed by atoms with Crippen LogP contribution in [0.15, 0.2) is 24.5 Å². The Hall–Kier alpha value is -2.61. The molecular weight excluding hydrogens is 368 g/mol. The zero-order valence-electron chi connectivity index (χ0n) is 16.8. The van der Waals surface area contributed by atoms with Gasteiger partial charge in [-0.3, -0.25) is 0 Å². The van der Waals surface area contributed by atoms with Gasteiger partial charge in [0.2, 0.25) is 0 Å². The molecule has 3 saturated heterocycles. The van der Waals surface area contributed by atoms with Gasteiger partial charge in [0.05, 0.1) is 18.7 Å². The molecule has 4 heterocycles. The van der Waals surface area contributed by atoms with Gasteiger partial charge in [0.25, 0.3) is 0 Å². The van der Waals surface area contributed by atoms with Crippen molar-refractivity contribution in [1.29, 1.82) is 0 Å². The minimum absolute atomic E-state index is 0.149. The van der Waals surface area contributed by atoms with Crippen LogP contribution in [0, 0.1) is 0 Å². The lowest BCUT2D eigenvalue weighted by atomic mass is 10.1. The number of hydrogen-bond acceptors (Lipinski definition) is 6. The van der Waals surface area contributed by atoms with Gasteiger partial charge in [0, 0.05) is 63.4 Å². The number of morpholine rings is 1. The number of rotatable bonds is 2. The highest BCUT2D eigenvalue weighted by molar-refractivity contribution is 5.92. The van der Waals surface area contributed by atoms with Gasteiger partial charge < -0.3 is 24.3 Å². The van der Waals surface area contributed by atoms with E-state index in [9.17, 15) is 4.79 Å². The number of amides is 2. The van der Waals surface area contributed by atoms with Gasteiger partial charge in [-0.05, 0) is 31.0 Å². The summed E-state index contributed by atoms with van der Waals surface area (Å²) in [7, 11) is 0. The minimum atomic E-state index is 0.149. The number of benzene rings is 1. The standard InChI is InChI=1S/C21H28N6O2/c28-21(27-11-13-29-14-12-27)26-9-7-24(8-10-26)17-3-4-19-18(15-17)20(23-16-22-19)25-5-1-2-6-25/h3-4,15-16H,1-2,5-14H2. The molecule has 0 aliphatic carbocycles. The molecule has 0 bridgehead atoms. The molecule has 0 saturated carbocycles. The van der Waals surface area contributed by atoms with E-state index in [2.05, 4.69) is 38.0 Å². The number of fused-ring (bicyclic) bond motifs is 1. The summed E-state index contributed by atoms with van der Waals surface area (Å²) in [5.74, 6) is 1.05. The predicted octanol–water partition coefficient (Wildman–Crippen LogP) is 1.80. The topological polar surface area (TPSA) is 65.0 Å². The smallest absolute Gasteiger partial charge is 0.320 e. The normalized spacial score (nSPS) is 20.6. The molecule has 0 atom stereocenters. The van der Waals surface area contributed by atoms with Gasteiger partial charge in [-0.2, -0.15) is 0 Å². The maximum absolute atomic E-state index is 12.7. The Kier molecular flexibility index (Phi) is 5.10. The Labute approximate surface area is 171 Å². The van der Waals surface area contributed by atoms with Crippen LogP contribution in [0.3, 0.4) is 0 Å². The molecule has 0 N–H and O–H groups in total. The number of carbonyl (C=O) groups is 1. The number of urea groups is 1. The molecule has 8 nitrogen and oxygen atoms in total. The molecule has 0 unspecified atom stereocenters. The summed E-state index contributed by atoms with van der Waals surface area (Å²) in [6.07, 6.45) is 4.13. The fraction of sp³-hybridized carbons (Fsp3) is 0.571. The van der Waals surface area contributed by atoms with Gasteiger partial charge >= 0.3 is 6.03 Å². The Balaban J connectivity index is 1.30. The van der Waals surface area contributed by atoms with Gasteiger partial charge in [-0.15, -0.1) is 0 Å². The van der Waals surface area contributed by atoms with Gasteiger partial charge in [0.1, 0.15) is 12.1 Å². The first-order valence-corrected chi connectivity index (χ1v) is 10.7. The van der Waals surface area contributed by atoms with Gasteiger partial charge in [-0.25, -0.2) is 14.8 Å². The van der Waals surface area contributed by atoms with Crippen LogP contribution in [0.4, 0.5) is 16.3 Å². The van der Waals surface area contributed by atoms with Crippen molar-refractivity contribution < 1.29 is 9.53 Å². The van der Waals surface area contributed by atoms with E-state index in [1.54, 1.807) is 6.33 Å². The molecule has 0 radical (unpaired) electrons. The number of piperazine rings is 1. The molecule has 8 heteroatoms. The van der Waals surface area contributed by atoms with Crippen molar-refractivity contribution in [2.75, 3.05) is 75.4 Å². The average Bonchev–Trinajstić information content (AvgIpc) is 3.33. The zero-order valence-corrected chi connectivity index (χ0v) is 16.8. The summed E-state index contributed by atoms with van der Waals surface area (Å²) in [6, 6.07) is 6.61. The number of aromatic nitrogens is 2. The highest BCUT2D eigenvalue weighted by atomic mass is 16.5. The van der Waals surface area contributed by atoms with Crippen molar-refractivity contribution in [2.45, 2.75) is 12.8 Å². The zero-order chi connectivity index (χ0) is 19.6. The molecule has 1 aromatic carbocycles.